The highest BCUT2D eigenvalue weighted by Crippen LogP contribution is 2.43. The number of aliphatic hydroxyl groups excluding tert-OH is 1. The van der Waals surface area contributed by atoms with Crippen LogP contribution in [0.3, 0.4) is 0 Å². The van der Waals surface area contributed by atoms with E-state index in [1.54, 1.807) is 75.6 Å². The highest BCUT2D eigenvalue weighted by atomic mass is 79.9. The highest BCUT2D eigenvalue weighted by molar-refractivity contribution is 9.10. The predicted molar refractivity (Wildman–Crippen MR) is 120 cm³/mol. The number of furan rings is 1. The van der Waals surface area contributed by atoms with Crippen LogP contribution in [0.2, 0.25) is 0 Å². The van der Waals surface area contributed by atoms with Crippen molar-refractivity contribution in [2.45, 2.75) is 19.9 Å². The van der Waals surface area contributed by atoms with Gasteiger partial charge in [0.15, 0.2) is 0 Å². The first-order valence-corrected chi connectivity index (χ1v) is 10.4. The molecule has 1 aliphatic rings. The van der Waals surface area contributed by atoms with Crippen LogP contribution in [-0.4, -0.2) is 23.9 Å². The second-order valence-electron chi connectivity index (χ2n) is 7.27. The predicted octanol–water partition coefficient (Wildman–Crippen LogP) is 5.29. The molecule has 0 radical (unpaired) electrons. The molecule has 4 rings (SSSR count). The number of Topliss-reactive ketones (excluding diaryl/α,β-unsaturated/α-hetero) is 1. The van der Waals surface area contributed by atoms with Gasteiger partial charge in [-0.05, 0) is 74.0 Å². The summed E-state index contributed by atoms with van der Waals surface area (Å²) < 4.78 is 11.9. The first-order chi connectivity index (χ1) is 14.8. The van der Waals surface area contributed by atoms with Gasteiger partial charge in [-0.25, -0.2) is 0 Å². The molecule has 3 aromatic rings. The zero-order valence-corrected chi connectivity index (χ0v) is 18.8. The molecule has 1 aromatic heterocycles. The fourth-order valence-corrected chi connectivity index (χ4v) is 4.01. The van der Waals surface area contributed by atoms with Gasteiger partial charge in [-0.1, -0.05) is 15.9 Å². The van der Waals surface area contributed by atoms with Crippen LogP contribution in [0.5, 0.6) is 5.75 Å². The number of anilines is 1. The van der Waals surface area contributed by atoms with E-state index in [1.165, 1.54) is 4.90 Å². The molecule has 158 valence electrons. The fraction of sp³-hybridized carbons (Fsp3) is 0.167. The van der Waals surface area contributed by atoms with Crippen LogP contribution in [0.1, 0.15) is 28.7 Å². The average molecular weight is 482 g/mol. The number of rotatable bonds is 4. The molecule has 0 saturated carbocycles. The molecule has 1 saturated heterocycles. The van der Waals surface area contributed by atoms with Gasteiger partial charge in [0.05, 0.1) is 12.7 Å². The van der Waals surface area contributed by atoms with Gasteiger partial charge in [0.2, 0.25) is 0 Å². The Bertz CT molecular complexity index is 1210. The molecule has 6 nitrogen and oxygen atoms in total. The van der Waals surface area contributed by atoms with Crippen molar-refractivity contribution >= 4 is 39.1 Å². The molecule has 7 heteroatoms. The Morgan fingerprint density at radius 1 is 1.06 bits per heavy atom. The molecule has 0 spiro atoms. The summed E-state index contributed by atoms with van der Waals surface area (Å²) in [5, 5.41) is 11.2. The lowest BCUT2D eigenvalue weighted by Crippen LogP contribution is -2.29. The Morgan fingerprint density at radius 2 is 1.77 bits per heavy atom. The van der Waals surface area contributed by atoms with E-state index in [0.717, 1.165) is 4.47 Å². The summed E-state index contributed by atoms with van der Waals surface area (Å²) in [4.78, 5) is 27.5. The van der Waals surface area contributed by atoms with Crippen LogP contribution >= 0.6 is 15.9 Å². The Kier molecular flexibility index (Phi) is 5.45. The molecular formula is C24H20BrNO5. The van der Waals surface area contributed by atoms with Crippen molar-refractivity contribution in [3.8, 4) is 5.75 Å². The summed E-state index contributed by atoms with van der Waals surface area (Å²) in [5.74, 6) is -0.0899. The van der Waals surface area contributed by atoms with Crippen LogP contribution in [0.25, 0.3) is 5.76 Å². The quantitative estimate of drug-likeness (QED) is 0.311. The number of carbonyl (C=O) groups is 2. The number of aryl methyl sites for hydroxylation is 2. The van der Waals surface area contributed by atoms with E-state index in [4.69, 9.17) is 9.15 Å². The first-order valence-electron chi connectivity index (χ1n) is 9.59. The van der Waals surface area contributed by atoms with Gasteiger partial charge in [-0.3, -0.25) is 14.5 Å². The van der Waals surface area contributed by atoms with Gasteiger partial charge in [0, 0.05) is 15.7 Å². The van der Waals surface area contributed by atoms with Gasteiger partial charge in [-0.15, -0.1) is 0 Å². The van der Waals surface area contributed by atoms with Crippen molar-refractivity contribution in [1.82, 2.24) is 0 Å². The summed E-state index contributed by atoms with van der Waals surface area (Å²) in [6.45, 7) is 3.58. The molecule has 2 heterocycles. The summed E-state index contributed by atoms with van der Waals surface area (Å²) in [5.41, 5.74) is 1.66. The third kappa shape index (κ3) is 3.65. The number of nitrogens with zero attached hydrogens (tertiary/aromatic N) is 1. The van der Waals surface area contributed by atoms with Gasteiger partial charge < -0.3 is 14.3 Å². The van der Waals surface area contributed by atoms with E-state index in [-0.39, 0.29) is 11.3 Å². The maximum absolute atomic E-state index is 13.1. The molecular weight excluding hydrogens is 462 g/mol. The highest BCUT2D eigenvalue weighted by Gasteiger charge is 2.48. The zero-order valence-electron chi connectivity index (χ0n) is 17.2. The van der Waals surface area contributed by atoms with Crippen LogP contribution in [0.4, 0.5) is 5.69 Å². The molecule has 1 fully saturated rings. The van der Waals surface area contributed by atoms with E-state index in [2.05, 4.69) is 15.9 Å². The van der Waals surface area contributed by atoms with Crippen molar-refractivity contribution in [3.05, 3.63) is 87.3 Å². The number of ketones is 1. The Balaban J connectivity index is 1.93. The molecule has 2 aromatic carbocycles. The molecule has 1 aliphatic heterocycles. The summed E-state index contributed by atoms with van der Waals surface area (Å²) in [6.07, 6.45) is 0. The minimum absolute atomic E-state index is 0.0180. The van der Waals surface area contributed by atoms with Crippen molar-refractivity contribution in [3.63, 3.8) is 0 Å². The van der Waals surface area contributed by atoms with Crippen molar-refractivity contribution in [1.29, 1.82) is 0 Å². The lowest BCUT2D eigenvalue weighted by molar-refractivity contribution is -0.132. The normalized spacial score (nSPS) is 17.9. The first kappa shape index (κ1) is 20.9. The van der Waals surface area contributed by atoms with Gasteiger partial charge in [0.25, 0.3) is 11.7 Å². The van der Waals surface area contributed by atoms with Crippen molar-refractivity contribution in [2.75, 3.05) is 12.0 Å². The maximum atomic E-state index is 13.1. The lowest BCUT2D eigenvalue weighted by Gasteiger charge is -2.23. The van der Waals surface area contributed by atoms with Crippen LogP contribution in [-0.2, 0) is 9.59 Å². The molecule has 0 aliphatic carbocycles. The summed E-state index contributed by atoms with van der Waals surface area (Å²) in [6, 6.07) is 14.7. The van der Waals surface area contributed by atoms with E-state index in [9.17, 15) is 14.7 Å². The van der Waals surface area contributed by atoms with Crippen molar-refractivity contribution < 1.29 is 23.8 Å². The number of aliphatic hydroxyl groups is 1. The SMILES string of the molecule is COc1ccc(/C(O)=C2/C(=O)C(=O)N(c3ccc(Br)cc3)C2c2ccc(C)o2)c(C)c1. The monoisotopic (exact) mass is 481 g/mol. The number of carbonyl (C=O) groups excluding carboxylic acids is 2. The Labute approximate surface area is 187 Å². The number of hydrogen-bond acceptors (Lipinski definition) is 5. The van der Waals surface area contributed by atoms with Gasteiger partial charge >= 0.3 is 0 Å². The number of hydrogen-bond donors (Lipinski definition) is 1. The van der Waals surface area contributed by atoms with E-state index in [1.807, 2.05) is 0 Å². The largest absolute Gasteiger partial charge is 0.507 e. The smallest absolute Gasteiger partial charge is 0.300 e. The van der Waals surface area contributed by atoms with Crippen LogP contribution < -0.4 is 9.64 Å². The van der Waals surface area contributed by atoms with Gasteiger partial charge in [-0.2, -0.15) is 0 Å². The lowest BCUT2D eigenvalue weighted by atomic mass is 9.97. The van der Waals surface area contributed by atoms with E-state index >= 15 is 0 Å². The third-order valence-corrected chi connectivity index (χ3v) is 5.80. The average Bonchev–Trinajstić information content (AvgIpc) is 3.29. The number of halogens is 1. The van der Waals surface area contributed by atoms with Crippen LogP contribution in [0, 0.1) is 13.8 Å². The van der Waals surface area contributed by atoms with E-state index < -0.39 is 17.7 Å². The number of amides is 1. The molecule has 0 bridgehead atoms. The van der Waals surface area contributed by atoms with E-state index in [0.29, 0.717) is 34.1 Å². The molecule has 1 amide bonds. The minimum Gasteiger partial charge on any atom is -0.507 e. The van der Waals surface area contributed by atoms with Crippen LogP contribution in [0.15, 0.2) is 69.1 Å². The third-order valence-electron chi connectivity index (χ3n) is 5.27. The number of ether oxygens (including phenoxy) is 1. The second-order valence-corrected chi connectivity index (χ2v) is 8.19. The second kappa shape index (κ2) is 8.07. The Hall–Kier alpha value is -3.32. The molecule has 1 unspecified atom stereocenters. The Morgan fingerprint density at radius 3 is 2.35 bits per heavy atom. The summed E-state index contributed by atoms with van der Waals surface area (Å²) in [7, 11) is 1.55. The topological polar surface area (TPSA) is 80.0 Å². The number of methoxy groups -OCH3 is 1. The fourth-order valence-electron chi connectivity index (χ4n) is 3.74. The van der Waals surface area contributed by atoms with Gasteiger partial charge in [0.1, 0.15) is 29.1 Å². The molecule has 1 atom stereocenters. The minimum atomic E-state index is -0.892. The van der Waals surface area contributed by atoms with Crippen molar-refractivity contribution in [2.24, 2.45) is 0 Å². The zero-order chi connectivity index (χ0) is 22.3. The molecule has 1 N–H and O–H groups in total. The maximum Gasteiger partial charge on any atom is 0.300 e. The number of benzene rings is 2. The molecule has 31 heavy (non-hydrogen) atoms. The standard InChI is InChI=1S/C24H20BrNO5/c1-13-12-17(30-3)9-10-18(13)22(27)20-21(19-11-4-14(2)31-19)26(24(29)23(20)28)16-7-5-15(25)6-8-16/h4-12,21,27H,1-3H3/b22-20-. The summed E-state index contributed by atoms with van der Waals surface area (Å²) >= 11 is 3.38.